The second kappa shape index (κ2) is 8.30. The number of hydrogen-bond donors (Lipinski definition) is 1. The van der Waals surface area contributed by atoms with Gasteiger partial charge in [-0.25, -0.2) is 13.7 Å². The number of carbonyl (C=O) groups excluding carboxylic acids is 2. The summed E-state index contributed by atoms with van der Waals surface area (Å²) in [7, 11) is 0. The van der Waals surface area contributed by atoms with Gasteiger partial charge in [0, 0.05) is 15.6 Å². The largest absolute Gasteiger partial charge is 0.350 e. The maximum atomic E-state index is 14.3. The molecule has 1 aliphatic heterocycles. The van der Waals surface area contributed by atoms with Gasteiger partial charge >= 0.3 is 0 Å². The predicted octanol–water partition coefficient (Wildman–Crippen LogP) is 5.61. The number of carbonyl (C=O) groups is 2. The van der Waals surface area contributed by atoms with Crippen molar-refractivity contribution in [1.29, 1.82) is 0 Å². The zero-order valence-corrected chi connectivity index (χ0v) is 16.8. The van der Waals surface area contributed by atoms with Crippen LogP contribution in [0.1, 0.15) is 0 Å². The van der Waals surface area contributed by atoms with Crippen LogP contribution < -0.4 is 10.2 Å². The molecule has 0 unspecified atom stereocenters. The summed E-state index contributed by atoms with van der Waals surface area (Å²) >= 11 is 6.97. The van der Waals surface area contributed by atoms with Crippen molar-refractivity contribution in [3.05, 3.63) is 100 Å². The van der Waals surface area contributed by atoms with Crippen molar-refractivity contribution in [2.75, 3.05) is 10.2 Å². The molecule has 0 aliphatic carbocycles. The highest BCUT2D eigenvalue weighted by atomic mass is 35.5. The topological polar surface area (TPSA) is 49.4 Å². The molecule has 3 aromatic carbocycles. The number of para-hydroxylation sites is 1. The van der Waals surface area contributed by atoms with Crippen LogP contribution in [0.4, 0.5) is 20.2 Å². The molecule has 2 amide bonds. The number of amides is 2. The van der Waals surface area contributed by atoms with Crippen LogP contribution >= 0.6 is 23.4 Å². The minimum absolute atomic E-state index is 0.0187. The number of thioether (sulfide) groups is 1. The molecule has 30 heavy (non-hydrogen) atoms. The monoisotopic (exact) mass is 442 g/mol. The summed E-state index contributed by atoms with van der Waals surface area (Å²) in [6.07, 6.45) is 0. The predicted molar refractivity (Wildman–Crippen MR) is 113 cm³/mol. The number of nitrogens with one attached hydrogen (secondary N) is 1. The first-order chi connectivity index (χ1) is 14.4. The maximum Gasteiger partial charge on any atom is 0.283 e. The van der Waals surface area contributed by atoms with E-state index in [0.29, 0.717) is 15.6 Å². The molecule has 0 aromatic heterocycles. The molecule has 8 heteroatoms. The Morgan fingerprint density at radius 1 is 0.833 bits per heavy atom. The zero-order chi connectivity index (χ0) is 21.3. The summed E-state index contributed by atoms with van der Waals surface area (Å²) in [5.74, 6) is -2.49. The molecule has 0 saturated carbocycles. The van der Waals surface area contributed by atoms with Crippen LogP contribution in [0.25, 0.3) is 0 Å². The van der Waals surface area contributed by atoms with Crippen LogP contribution in [-0.2, 0) is 9.59 Å². The van der Waals surface area contributed by atoms with E-state index >= 15 is 0 Å². The standard InChI is InChI=1S/C22H13ClF2N2O2S/c23-13-5-11-16(12-6-13)30-20-19(26-15-9-7-14(24)8-10-15)21(28)27(22(20)29)18-4-2-1-3-17(18)25/h1-12,26H. The van der Waals surface area contributed by atoms with Crippen molar-refractivity contribution in [3.8, 4) is 0 Å². The van der Waals surface area contributed by atoms with Crippen molar-refractivity contribution in [2.24, 2.45) is 0 Å². The molecule has 0 saturated heterocycles. The lowest BCUT2D eigenvalue weighted by Crippen LogP contribution is -2.33. The number of halogens is 3. The van der Waals surface area contributed by atoms with Crippen LogP contribution in [0.15, 0.2) is 88.3 Å². The molecular formula is C22H13ClF2N2O2S. The number of imide groups is 1. The Hall–Kier alpha value is -3.16. The van der Waals surface area contributed by atoms with E-state index in [1.807, 2.05) is 0 Å². The van der Waals surface area contributed by atoms with E-state index < -0.39 is 23.4 Å². The van der Waals surface area contributed by atoms with Gasteiger partial charge in [0.15, 0.2) is 0 Å². The average molecular weight is 443 g/mol. The Morgan fingerprint density at radius 2 is 1.50 bits per heavy atom. The molecule has 0 spiro atoms. The average Bonchev–Trinajstić information content (AvgIpc) is 2.96. The van der Waals surface area contributed by atoms with Gasteiger partial charge in [0.25, 0.3) is 11.8 Å². The van der Waals surface area contributed by atoms with Gasteiger partial charge in [-0.05, 0) is 60.7 Å². The van der Waals surface area contributed by atoms with E-state index in [1.54, 1.807) is 24.3 Å². The van der Waals surface area contributed by atoms with Crippen molar-refractivity contribution in [2.45, 2.75) is 4.90 Å². The SMILES string of the molecule is O=C1C(Nc2ccc(F)cc2)=C(Sc2ccc(Cl)cc2)C(=O)N1c1ccccc1F. The second-order valence-electron chi connectivity index (χ2n) is 6.29. The van der Waals surface area contributed by atoms with E-state index in [4.69, 9.17) is 11.6 Å². The summed E-state index contributed by atoms with van der Waals surface area (Å²) in [5.41, 5.74) is 0.254. The van der Waals surface area contributed by atoms with Gasteiger partial charge in [0.2, 0.25) is 0 Å². The molecule has 150 valence electrons. The number of rotatable bonds is 5. The van der Waals surface area contributed by atoms with E-state index in [9.17, 15) is 18.4 Å². The maximum absolute atomic E-state index is 14.3. The molecule has 4 nitrogen and oxygen atoms in total. The van der Waals surface area contributed by atoms with Crippen LogP contribution in [-0.4, -0.2) is 11.8 Å². The van der Waals surface area contributed by atoms with Gasteiger partial charge < -0.3 is 5.32 Å². The third kappa shape index (κ3) is 3.94. The molecule has 0 fully saturated rings. The fourth-order valence-corrected chi connectivity index (χ4v) is 3.92. The van der Waals surface area contributed by atoms with Crippen molar-refractivity contribution in [3.63, 3.8) is 0 Å². The lowest BCUT2D eigenvalue weighted by molar-refractivity contribution is -0.120. The molecular weight excluding hydrogens is 430 g/mol. The fourth-order valence-electron chi connectivity index (χ4n) is 2.86. The highest BCUT2D eigenvalue weighted by Gasteiger charge is 2.41. The first kappa shape index (κ1) is 20.1. The lowest BCUT2D eigenvalue weighted by atomic mass is 10.2. The summed E-state index contributed by atoms with van der Waals surface area (Å²) < 4.78 is 27.6. The van der Waals surface area contributed by atoms with Crippen LogP contribution in [0, 0.1) is 11.6 Å². The Balaban J connectivity index is 1.75. The van der Waals surface area contributed by atoms with Gasteiger partial charge in [-0.1, -0.05) is 35.5 Å². The number of hydrogen-bond acceptors (Lipinski definition) is 4. The number of nitrogens with zero attached hydrogens (tertiary/aromatic N) is 1. The molecule has 1 aliphatic rings. The minimum Gasteiger partial charge on any atom is -0.350 e. The molecule has 0 radical (unpaired) electrons. The molecule has 0 bridgehead atoms. The van der Waals surface area contributed by atoms with Crippen LogP contribution in [0.5, 0.6) is 0 Å². The van der Waals surface area contributed by atoms with E-state index in [1.165, 1.54) is 48.5 Å². The first-order valence-electron chi connectivity index (χ1n) is 8.77. The fraction of sp³-hybridized carbons (Fsp3) is 0. The molecule has 1 heterocycles. The van der Waals surface area contributed by atoms with Crippen molar-refractivity contribution >= 4 is 46.6 Å². The van der Waals surface area contributed by atoms with Gasteiger partial charge in [-0.2, -0.15) is 0 Å². The van der Waals surface area contributed by atoms with Crippen LogP contribution in [0.3, 0.4) is 0 Å². The van der Waals surface area contributed by atoms with E-state index in [0.717, 1.165) is 16.7 Å². The second-order valence-corrected chi connectivity index (χ2v) is 7.81. The lowest BCUT2D eigenvalue weighted by Gasteiger charge is -2.15. The zero-order valence-electron chi connectivity index (χ0n) is 15.2. The van der Waals surface area contributed by atoms with Crippen LogP contribution in [0.2, 0.25) is 5.02 Å². The van der Waals surface area contributed by atoms with Crippen molar-refractivity contribution in [1.82, 2.24) is 0 Å². The van der Waals surface area contributed by atoms with Gasteiger partial charge in [0.1, 0.15) is 22.2 Å². The quantitative estimate of drug-likeness (QED) is 0.522. The number of benzene rings is 3. The molecule has 1 N–H and O–H groups in total. The van der Waals surface area contributed by atoms with Crippen molar-refractivity contribution < 1.29 is 18.4 Å². The summed E-state index contributed by atoms with van der Waals surface area (Å²) in [5, 5.41) is 3.41. The van der Waals surface area contributed by atoms with E-state index in [-0.39, 0.29) is 16.3 Å². The number of anilines is 2. The third-order valence-electron chi connectivity index (χ3n) is 4.28. The Bertz CT molecular complexity index is 1100. The first-order valence-corrected chi connectivity index (χ1v) is 9.97. The molecule has 4 rings (SSSR count). The molecule has 3 aromatic rings. The van der Waals surface area contributed by atoms with Gasteiger partial charge in [-0.15, -0.1) is 0 Å². The Labute approximate surface area is 180 Å². The Morgan fingerprint density at radius 3 is 2.17 bits per heavy atom. The normalized spacial score (nSPS) is 13.9. The summed E-state index contributed by atoms with van der Waals surface area (Å²) in [6.45, 7) is 0. The van der Waals surface area contributed by atoms with Gasteiger partial charge in [-0.3, -0.25) is 9.59 Å². The highest BCUT2D eigenvalue weighted by molar-refractivity contribution is 8.04. The molecule has 0 atom stereocenters. The third-order valence-corrected chi connectivity index (χ3v) is 5.62. The summed E-state index contributed by atoms with van der Waals surface area (Å²) in [6, 6.07) is 17.6. The minimum atomic E-state index is -0.703. The highest BCUT2D eigenvalue weighted by Crippen LogP contribution is 2.38. The smallest absolute Gasteiger partial charge is 0.283 e. The van der Waals surface area contributed by atoms with Gasteiger partial charge in [0.05, 0.1) is 5.69 Å². The Kier molecular flexibility index (Phi) is 5.57. The van der Waals surface area contributed by atoms with E-state index in [2.05, 4.69) is 5.32 Å². The summed E-state index contributed by atoms with van der Waals surface area (Å²) in [4.78, 5) is 27.8.